The topological polar surface area (TPSA) is 57.2 Å². The van der Waals surface area contributed by atoms with E-state index in [9.17, 15) is 5.11 Å². The van der Waals surface area contributed by atoms with Gasteiger partial charge in [-0.15, -0.1) is 0 Å². The largest absolute Gasteiger partial charge is 0.508 e. The number of ether oxygens (including phenoxy) is 4. The number of phenolic OH excluding ortho intramolecular Hbond substituents is 1. The van der Waals surface area contributed by atoms with Gasteiger partial charge in [0.1, 0.15) is 34.9 Å². The van der Waals surface area contributed by atoms with Crippen LogP contribution in [-0.2, 0) is 6.42 Å². The molecule has 5 nitrogen and oxygen atoms in total. The molecular formula is C22H24O5. The quantitative estimate of drug-likeness (QED) is 0.804. The average Bonchev–Trinajstić information content (AvgIpc) is 3.02. The van der Waals surface area contributed by atoms with Gasteiger partial charge in [0.2, 0.25) is 0 Å². The standard InChI is InChI=1S/C22H24O5/c1-12(2)5-7-15-17(24-3)10-19-20(21(15)25-4)22-16(11-26-19)14-8-6-13(23)9-18(14)27-22/h5-6,8-10,16,22-23H,7,11H2,1-4H3. The van der Waals surface area contributed by atoms with Crippen LogP contribution in [0.1, 0.15) is 42.6 Å². The van der Waals surface area contributed by atoms with Gasteiger partial charge in [-0.2, -0.15) is 0 Å². The molecule has 0 fully saturated rings. The van der Waals surface area contributed by atoms with Crippen molar-refractivity contribution in [1.29, 1.82) is 0 Å². The molecule has 2 atom stereocenters. The number of phenols is 1. The summed E-state index contributed by atoms with van der Waals surface area (Å²) in [5.74, 6) is 3.17. The van der Waals surface area contributed by atoms with Gasteiger partial charge in [-0.1, -0.05) is 17.7 Å². The van der Waals surface area contributed by atoms with Gasteiger partial charge >= 0.3 is 0 Å². The van der Waals surface area contributed by atoms with Gasteiger partial charge in [0, 0.05) is 23.3 Å². The third kappa shape index (κ3) is 2.87. The highest BCUT2D eigenvalue weighted by Gasteiger charge is 2.43. The van der Waals surface area contributed by atoms with Crippen LogP contribution in [0, 0.1) is 0 Å². The molecule has 2 aromatic carbocycles. The Morgan fingerprint density at radius 2 is 2.00 bits per heavy atom. The summed E-state index contributed by atoms with van der Waals surface area (Å²) in [7, 11) is 3.32. The Balaban J connectivity index is 1.85. The van der Waals surface area contributed by atoms with E-state index >= 15 is 0 Å². The molecule has 0 bridgehead atoms. The van der Waals surface area contributed by atoms with E-state index in [1.807, 2.05) is 12.1 Å². The Morgan fingerprint density at radius 1 is 1.19 bits per heavy atom. The predicted molar refractivity (Wildman–Crippen MR) is 102 cm³/mol. The minimum absolute atomic E-state index is 0.0618. The summed E-state index contributed by atoms with van der Waals surface area (Å²) >= 11 is 0. The van der Waals surface area contributed by atoms with E-state index in [1.54, 1.807) is 26.4 Å². The van der Waals surface area contributed by atoms with Crippen molar-refractivity contribution in [2.45, 2.75) is 32.3 Å². The van der Waals surface area contributed by atoms with Gasteiger partial charge in [-0.05, 0) is 26.3 Å². The second kappa shape index (κ2) is 6.72. The number of aromatic hydroxyl groups is 1. The number of benzene rings is 2. The number of allylic oxidation sites excluding steroid dienone is 2. The van der Waals surface area contributed by atoms with Crippen LogP contribution in [0.5, 0.6) is 28.7 Å². The molecule has 0 spiro atoms. The maximum atomic E-state index is 9.80. The lowest BCUT2D eigenvalue weighted by Crippen LogP contribution is -2.24. The molecule has 2 unspecified atom stereocenters. The first kappa shape index (κ1) is 17.6. The summed E-state index contributed by atoms with van der Waals surface area (Å²) in [6.07, 6.45) is 2.64. The van der Waals surface area contributed by atoms with Crippen LogP contribution >= 0.6 is 0 Å². The average molecular weight is 368 g/mol. The normalized spacial score (nSPS) is 19.1. The van der Waals surface area contributed by atoms with Gasteiger partial charge in [-0.25, -0.2) is 0 Å². The van der Waals surface area contributed by atoms with Crippen LogP contribution in [0.3, 0.4) is 0 Å². The number of rotatable bonds is 4. The predicted octanol–water partition coefficient (Wildman–Crippen LogP) is 4.53. The fourth-order valence-electron chi connectivity index (χ4n) is 3.90. The smallest absolute Gasteiger partial charge is 0.141 e. The van der Waals surface area contributed by atoms with Crippen molar-refractivity contribution < 1.29 is 24.1 Å². The molecule has 0 aliphatic carbocycles. The van der Waals surface area contributed by atoms with Crippen LogP contribution in [0.4, 0.5) is 0 Å². The highest BCUT2D eigenvalue weighted by Crippen LogP contribution is 2.56. The van der Waals surface area contributed by atoms with E-state index in [0.29, 0.717) is 18.8 Å². The first-order valence-corrected chi connectivity index (χ1v) is 9.07. The van der Waals surface area contributed by atoms with Gasteiger partial charge < -0.3 is 24.1 Å². The highest BCUT2D eigenvalue weighted by atomic mass is 16.5. The molecule has 2 aliphatic rings. The third-order valence-electron chi connectivity index (χ3n) is 5.20. The zero-order chi connectivity index (χ0) is 19.1. The first-order chi connectivity index (χ1) is 13.0. The van der Waals surface area contributed by atoms with Crippen LogP contribution in [0.15, 0.2) is 35.9 Å². The molecule has 0 amide bonds. The Kier molecular flexibility index (Phi) is 4.38. The van der Waals surface area contributed by atoms with E-state index in [1.165, 1.54) is 5.57 Å². The molecule has 4 rings (SSSR count). The maximum Gasteiger partial charge on any atom is 0.141 e. The molecule has 0 saturated heterocycles. The summed E-state index contributed by atoms with van der Waals surface area (Å²) in [6, 6.07) is 7.18. The minimum atomic E-state index is -0.211. The lowest BCUT2D eigenvalue weighted by molar-refractivity contribution is 0.134. The second-order valence-electron chi connectivity index (χ2n) is 7.17. The lowest BCUT2D eigenvalue weighted by atomic mass is 9.87. The fraction of sp³-hybridized carbons (Fsp3) is 0.364. The summed E-state index contributed by atoms with van der Waals surface area (Å²) in [4.78, 5) is 0. The maximum absolute atomic E-state index is 9.80. The van der Waals surface area contributed by atoms with E-state index < -0.39 is 0 Å². The molecule has 0 aromatic heterocycles. The van der Waals surface area contributed by atoms with Gasteiger partial charge in [0.25, 0.3) is 0 Å². The van der Waals surface area contributed by atoms with Gasteiger partial charge in [0.05, 0.1) is 32.3 Å². The van der Waals surface area contributed by atoms with Crippen molar-refractivity contribution in [3.63, 3.8) is 0 Å². The zero-order valence-electron chi connectivity index (χ0n) is 16.0. The summed E-state index contributed by atoms with van der Waals surface area (Å²) < 4.78 is 23.8. The molecule has 142 valence electrons. The van der Waals surface area contributed by atoms with E-state index in [-0.39, 0.29) is 17.8 Å². The Morgan fingerprint density at radius 3 is 2.70 bits per heavy atom. The van der Waals surface area contributed by atoms with Crippen molar-refractivity contribution in [3.05, 3.63) is 52.6 Å². The summed E-state index contributed by atoms with van der Waals surface area (Å²) in [6.45, 7) is 4.65. The molecule has 2 aliphatic heterocycles. The van der Waals surface area contributed by atoms with Crippen LogP contribution in [-0.4, -0.2) is 25.9 Å². The molecule has 2 heterocycles. The Bertz CT molecular complexity index is 911. The van der Waals surface area contributed by atoms with E-state index in [4.69, 9.17) is 18.9 Å². The Hall–Kier alpha value is -2.82. The lowest BCUT2D eigenvalue weighted by Gasteiger charge is -2.31. The van der Waals surface area contributed by atoms with Crippen molar-refractivity contribution in [3.8, 4) is 28.7 Å². The van der Waals surface area contributed by atoms with Crippen molar-refractivity contribution in [1.82, 2.24) is 0 Å². The second-order valence-corrected chi connectivity index (χ2v) is 7.17. The molecule has 2 aromatic rings. The summed E-state index contributed by atoms with van der Waals surface area (Å²) in [5.41, 5.74) is 4.16. The minimum Gasteiger partial charge on any atom is -0.508 e. The monoisotopic (exact) mass is 368 g/mol. The number of methoxy groups -OCH3 is 2. The van der Waals surface area contributed by atoms with Crippen LogP contribution in [0.25, 0.3) is 0 Å². The first-order valence-electron chi connectivity index (χ1n) is 9.07. The van der Waals surface area contributed by atoms with Crippen molar-refractivity contribution in [2.24, 2.45) is 0 Å². The fourth-order valence-corrected chi connectivity index (χ4v) is 3.90. The molecule has 1 N–H and O–H groups in total. The van der Waals surface area contributed by atoms with Gasteiger partial charge in [-0.3, -0.25) is 0 Å². The molecule has 0 saturated carbocycles. The summed E-state index contributed by atoms with van der Waals surface area (Å²) in [5, 5.41) is 9.80. The molecule has 0 radical (unpaired) electrons. The Labute approximate surface area is 159 Å². The molecular weight excluding hydrogens is 344 g/mol. The number of fused-ring (bicyclic) bond motifs is 5. The van der Waals surface area contributed by atoms with Gasteiger partial charge in [0.15, 0.2) is 0 Å². The SMILES string of the molecule is COc1cc2c(c(OC)c1CC=C(C)C)C1Oc3cc(O)ccc3C1CO2. The number of hydrogen-bond acceptors (Lipinski definition) is 5. The van der Waals surface area contributed by atoms with Crippen molar-refractivity contribution in [2.75, 3.05) is 20.8 Å². The van der Waals surface area contributed by atoms with E-state index in [2.05, 4.69) is 19.9 Å². The van der Waals surface area contributed by atoms with E-state index in [0.717, 1.165) is 33.9 Å². The van der Waals surface area contributed by atoms with Crippen LogP contribution in [0.2, 0.25) is 0 Å². The van der Waals surface area contributed by atoms with Crippen molar-refractivity contribution >= 4 is 0 Å². The highest BCUT2D eigenvalue weighted by molar-refractivity contribution is 5.62. The zero-order valence-corrected chi connectivity index (χ0v) is 16.0. The molecule has 5 heteroatoms. The molecule has 27 heavy (non-hydrogen) atoms. The van der Waals surface area contributed by atoms with Crippen LogP contribution < -0.4 is 18.9 Å². The third-order valence-corrected chi connectivity index (χ3v) is 5.20. The number of hydrogen-bond donors (Lipinski definition) is 1.